The Bertz CT molecular complexity index is 1220. The first-order valence-electron chi connectivity index (χ1n) is 10.2. The number of amides is 2. The molecule has 0 atom stereocenters. The molecule has 1 saturated carbocycles. The molecule has 5 rings (SSSR count). The summed E-state index contributed by atoms with van der Waals surface area (Å²) in [6, 6.07) is 10.2. The van der Waals surface area contributed by atoms with Gasteiger partial charge in [-0.1, -0.05) is 18.2 Å². The number of hydrogen-bond acceptors (Lipinski definition) is 4. The molecule has 0 bridgehead atoms. The number of carbonyl (C=O) groups excluding carboxylic acids is 2. The maximum absolute atomic E-state index is 13.9. The minimum absolute atomic E-state index is 0.0219. The first-order chi connectivity index (χ1) is 15.4. The fourth-order valence-electron chi connectivity index (χ4n) is 3.88. The van der Waals surface area contributed by atoms with Gasteiger partial charge in [0.2, 0.25) is 0 Å². The molecule has 1 aromatic heterocycles. The van der Waals surface area contributed by atoms with Crippen LogP contribution in [0.3, 0.4) is 0 Å². The summed E-state index contributed by atoms with van der Waals surface area (Å²) < 4.78 is 33.5. The predicted molar refractivity (Wildman–Crippen MR) is 115 cm³/mol. The van der Waals surface area contributed by atoms with Crippen LogP contribution in [0.15, 0.2) is 48.7 Å². The monoisotopic (exact) mass is 435 g/mol. The molecule has 1 aliphatic heterocycles. The van der Waals surface area contributed by atoms with Gasteiger partial charge in [-0.3, -0.25) is 14.5 Å². The van der Waals surface area contributed by atoms with E-state index in [4.69, 9.17) is 4.74 Å². The number of benzene rings is 2. The van der Waals surface area contributed by atoms with Gasteiger partial charge in [0.15, 0.2) is 18.2 Å². The highest BCUT2D eigenvalue weighted by Gasteiger charge is 2.35. The van der Waals surface area contributed by atoms with Crippen LogP contribution in [0.5, 0.6) is 5.75 Å². The summed E-state index contributed by atoms with van der Waals surface area (Å²) in [5.41, 5.74) is 2.57. The van der Waals surface area contributed by atoms with Crippen LogP contribution >= 0.6 is 0 Å². The van der Waals surface area contributed by atoms with Crippen molar-refractivity contribution < 1.29 is 23.1 Å². The van der Waals surface area contributed by atoms with E-state index in [9.17, 15) is 18.4 Å². The highest BCUT2D eigenvalue weighted by molar-refractivity contribution is 6.04. The summed E-state index contributed by atoms with van der Waals surface area (Å²) in [4.78, 5) is 30.3. The molecular formula is C24H19F2N3O3. The SMILES string of the molecule is CN1C(=O)COc2c1ncc(-c1ccc(NC(=O)c3c(F)cccc3F)cc1)c2C1CC1. The Balaban J connectivity index is 1.45. The predicted octanol–water partition coefficient (Wildman–Crippen LogP) is 4.51. The second-order valence-corrected chi connectivity index (χ2v) is 7.88. The number of nitrogens with zero attached hydrogens (tertiary/aromatic N) is 2. The molecular weight excluding hydrogens is 416 g/mol. The molecule has 1 fully saturated rings. The number of anilines is 2. The van der Waals surface area contributed by atoms with Crippen LogP contribution in [0.2, 0.25) is 0 Å². The van der Waals surface area contributed by atoms with Crippen molar-refractivity contribution >= 4 is 23.3 Å². The minimum Gasteiger partial charge on any atom is -0.480 e. The normalized spacial score (nSPS) is 15.2. The first-order valence-corrected chi connectivity index (χ1v) is 10.2. The average molecular weight is 435 g/mol. The average Bonchev–Trinajstić information content (AvgIpc) is 3.61. The third-order valence-corrected chi connectivity index (χ3v) is 5.71. The van der Waals surface area contributed by atoms with Gasteiger partial charge in [-0.05, 0) is 48.6 Å². The van der Waals surface area contributed by atoms with Gasteiger partial charge in [0.25, 0.3) is 11.8 Å². The van der Waals surface area contributed by atoms with Crippen molar-refractivity contribution in [3.05, 3.63) is 71.4 Å². The van der Waals surface area contributed by atoms with Crippen LogP contribution in [0.4, 0.5) is 20.3 Å². The number of aromatic nitrogens is 1. The number of carbonyl (C=O) groups is 2. The van der Waals surface area contributed by atoms with Crippen LogP contribution in [-0.4, -0.2) is 30.5 Å². The van der Waals surface area contributed by atoms with E-state index >= 15 is 0 Å². The zero-order valence-electron chi connectivity index (χ0n) is 17.2. The molecule has 2 aromatic carbocycles. The fraction of sp³-hybridized carbons (Fsp3) is 0.208. The van der Waals surface area contributed by atoms with Gasteiger partial charge in [0.1, 0.15) is 17.2 Å². The lowest BCUT2D eigenvalue weighted by Crippen LogP contribution is -2.36. The quantitative estimate of drug-likeness (QED) is 0.655. The molecule has 1 aliphatic carbocycles. The lowest BCUT2D eigenvalue weighted by molar-refractivity contribution is -0.121. The van der Waals surface area contributed by atoms with Crippen LogP contribution in [-0.2, 0) is 4.79 Å². The number of halogens is 2. The minimum atomic E-state index is -0.920. The van der Waals surface area contributed by atoms with E-state index in [0.29, 0.717) is 23.2 Å². The summed E-state index contributed by atoms with van der Waals surface area (Å²) in [6.07, 6.45) is 3.80. The first kappa shape index (κ1) is 20.1. The molecule has 32 heavy (non-hydrogen) atoms. The number of fused-ring (bicyclic) bond motifs is 1. The molecule has 1 N–H and O–H groups in total. The summed E-state index contributed by atoms with van der Waals surface area (Å²) in [5, 5.41) is 2.53. The van der Waals surface area contributed by atoms with Crippen LogP contribution in [0, 0.1) is 11.6 Å². The van der Waals surface area contributed by atoms with Gasteiger partial charge in [-0.25, -0.2) is 13.8 Å². The van der Waals surface area contributed by atoms with Crippen molar-refractivity contribution in [1.29, 1.82) is 0 Å². The summed E-state index contributed by atoms with van der Waals surface area (Å²) in [5.74, 6) is -1.35. The molecule has 0 saturated heterocycles. The summed E-state index contributed by atoms with van der Waals surface area (Å²) >= 11 is 0. The molecule has 3 aromatic rings. The number of hydrogen-bond donors (Lipinski definition) is 1. The molecule has 0 radical (unpaired) electrons. The van der Waals surface area contributed by atoms with Crippen molar-refractivity contribution in [1.82, 2.24) is 4.98 Å². The Hall–Kier alpha value is -3.81. The van der Waals surface area contributed by atoms with E-state index in [1.807, 2.05) is 0 Å². The van der Waals surface area contributed by atoms with Crippen LogP contribution in [0.25, 0.3) is 11.1 Å². The van der Waals surface area contributed by atoms with Gasteiger partial charge in [-0.15, -0.1) is 0 Å². The van der Waals surface area contributed by atoms with Crippen LogP contribution in [0.1, 0.15) is 34.7 Å². The fourth-order valence-corrected chi connectivity index (χ4v) is 3.88. The topological polar surface area (TPSA) is 71.5 Å². The summed E-state index contributed by atoms with van der Waals surface area (Å²) in [6.45, 7) is -0.0219. The van der Waals surface area contributed by atoms with E-state index in [1.165, 1.54) is 11.0 Å². The van der Waals surface area contributed by atoms with Crippen molar-refractivity contribution in [2.45, 2.75) is 18.8 Å². The van der Waals surface area contributed by atoms with Gasteiger partial charge in [0, 0.05) is 30.1 Å². The van der Waals surface area contributed by atoms with Crippen molar-refractivity contribution in [2.75, 3.05) is 23.9 Å². The molecule has 8 heteroatoms. The largest absolute Gasteiger partial charge is 0.480 e. The number of pyridine rings is 1. The Morgan fingerprint density at radius 2 is 1.81 bits per heavy atom. The highest BCUT2D eigenvalue weighted by Crippen LogP contribution is 2.51. The van der Waals surface area contributed by atoms with E-state index in [0.717, 1.165) is 41.7 Å². The van der Waals surface area contributed by atoms with E-state index in [2.05, 4.69) is 10.3 Å². The maximum Gasteiger partial charge on any atom is 0.265 e. The number of nitrogens with one attached hydrogen (secondary N) is 1. The number of likely N-dealkylation sites (N-methyl/N-ethyl adjacent to an activating group) is 1. The second-order valence-electron chi connectivity index (χ2n) is 7.88. The maximum atomic E-state index is 13.9. The lowest BCUT2D eigenvalue weighted by Gasteiger charge is -2.27. The van der Waals surface area contributed by atoms with Crippen molar-refractivity contribution in [2.24, 2.45) is 0 Å². The summed E-state index contributed by atoms with van der Waals surface area (Å²) in [7, 11) is 1.68. The molecule has 6 nitrogen and oxygen atoms in total. The lowest BCUT2D eigenvalue weighted by atomic mass is 9.97. The zero-order chi connectivity index (χ0) is 22.4. The van der Waals surface area contributed by atoms with Crippen LogP contribution < -0.4 is 15.0 Å². The number of rotatable bonds is 4. The highest BCUT2D eigenvalue weighted by atomic mass is 19.1. The van der Waals surface area contributed by atoms with E-state index in [-0.39, 0.29) is 12.5 Å². The van der Waals surface area contributed by atoms with E-state index in [1.54, 1.807) is 37.5 Å². The van der Waals surface area contributed by atoms with Crippen molar-refractivity contribution in [3.63, 3.8) is 0 Å². The zero-order valence-corrected chi connectivity index (χ0v) is 17.2. The number of ether oxygens (including phenoxy) is 1. The third-order valence-electron chi connectivity index (χ3n) is 5.71. The molecule has 0 unspecified atom stereocenters. The van der Waals surface area contributed by atoms with Gasteiger partial charge in [-0.2, -0.15) is 0 Å². The Morgan fingerprint density at radius 1 is 1.12 bits per heavy atom. The Morgan fingerprint density at radius 3 is 2.47 bits per heavy atom. The van der Waals surface area contributed by atoms with E-state index < -0.39 is 23.1 Å². The smallest absolute Gasteiger partial charge is 0.265 e. The standard InChI is InChI=1S/C24H19F2N3O3/c1-29-19(30)12-32-22-20(14-5-6-14)16(11-27-23(22)29)13-7-9-15(10-8-13)28-24(31)21-17(25)3-2-4-18(21)26/h2-4,7-11,14H,5-6,12H2,1H3,(H,28,31). The van der Waals surface area contributed by atoms with Gasteiger partial charge >= 0.3 is 0 Å². The third kappa shape index (κ3) is 3.47. The molecule has 2 aliphatic rings. The van der Waals surface area contributed by atoms with Gasteiger partial charge < -0.3 is 10.1 Å². The van der Waals surface area contributed by atoms with Gasteiger partial charge in [0.05, 0.1) is 0 Å². The molecule has 2 amide bonds. The molecule has 2 heterocycles. The Kier molecular flexibility index (Phi) is 4.84. The molecule has 162 valence electrons. The second kappa shape index (κ2) is 7.71. The van der Waals surface area contributed by atoms with Crippen molar-refractivity contribution in [3.8, 4) is 16.9 Å². The Labute approximate surface area is 182 Å². The molecule has 0 spiro atoms.